The number of nitrogens with one attached hydrogen (secondary N) is 2. The summed E-state index contributed by atoms with van der Waals surface area (Å²) in [7, 11) is 0. The van der Waals surface area contributed by atoms with Crippen LogP contribution in [0.4, 0.5) is 4.39 Å². The molecule has 110 valence electrons. The van der Waals surface area contributed by atoms with Crippen molar-refractivity contribution in [2.24, 2.45) is 0 Å². The van der Waals surface area contributed by atoms with Gasteiger partial charge in [0, 0.05) is 21.7 Å². The van der Waals surface area contributed by atoms with Crippen LogP contribution in [-0.2, 0) is 0 Å². The van der Waals surface area contributed by atoms with Crippen LogP contribution in [0.5, 0.6) is 0 Å². The molecule has 2 aliphatic rings. The van der Waals surface area contributed by atoms with Gasteiger partial charge in [-0.1, -0.05) is 0 Å². The Morgan fingerprint density at radius 3 is 2.55 bits per heavy atom. The molecule has 1 aromatic rings. The Bertz CT molecular complexity index is 502. The topological polar surface area (TPSA) is 41.1 Å². The molecule has 3 nitrogen and oxygen atoms in total. The van der Waals surface area contributed by atoms with Crippen LogP contribution in [0.1, 0.15) is 36.0 Å². The van der Waals surface area contributed by atoms with Gasteiger partial charge in [-0.2, -0.15) is 0 Å². The fourth-order valence-corrected chi connectivity index (χ4v) is 3.83. The summed E-state index contributed by atoms with van der Waals surface area (Å²) in [5, 5.41) is 6.64. The molecular weight excluding hydrogens is 394 g/mol. The van der Waals surface area contributed by atoms with Crippen molar-refractivity contribution < 1.29 is 9.18 Å². The zero-order valence-electron chi connectivity index (χ0n) is 10.9. The van der Waals surface area contributed by atoms with E-state index in [2.05, 4.69) is 10.6 Å². The van der Waals surface area contributed by atoms with Gasteiger partial charge in [0.2, 0.25) is 0 Å². The van der Waals surface area contributed by atoms with E-state index < -0.39 is 0 Å². The molecule has 1 amide bonds. The van der Waals surface area contributed by atoms with Gasteiger partial charge in [-0.05, 0) is 66.5 Å². The SMILES string of the molecule is Cl.O=C(NC1CC2CCC(C1)N2)c1ccc(F)cc1I. The minimum Gasteiger partial charge on any atom is -0.349 e. The third-order valence-corrected chi connectivity index (χ3v) is 4.88. The van der Waals surface area contributed by atoms with Crippen molar-refractivity contribution in [1.82, 2.24) is 10.6 Å². The van der Waals surface area contributed by atoms with E-state index in [1.807, 2.05) is 22.6 Å². The molecule has 0 spiro atoms. The van der Waals surface area contributed by atoms with Crippen molar-refractivity contribution >= 4 is 40.9 Å². The molecule has 0 aromatic heterocycles. The minimum absolute atomic E-state index is 0. The van der Waals surface area contributed by atoms with Crippen LogP contribution >= 0.6 is 35.0 Å². The van der Waals surface area contributed by atoms with Crippen LogP contribution in [0.15, 0.2) is 18.2 Å². The highest BCUT2D eigenvalue weighted by molar-refractivity contribution is 14.1. The largest absolute Gasteiger partial charge is 0.349 e. The fraction of sp³-hybridized carbons (Fsp3) is 0.500. The van der Waals surface area contributed by atoms with E-state index in [1.165, 1.54) is 25.0 Å². The van der Waals surface area contributed by atoms with E-state index in [-0.39, 0.29) is 30.2 Å². The molecule has 20 heavy (non-hydrogen) atoms. The van der Waals surface area contributed by atoms with Gasteiger partial charge in [0.25, 0.3) is 5.91 Å². The van der Waals surface area contributed by atoms with Crippen LogP contribution < -0.4 is 10.6 Å². The zero-order chi connectivity index (χ0) is 13.4. The number of fused-ring (bicyclic) bond motifs is 2. The summed E-state index contributed by atoms with van der Waals surface area (Å²) in [6.07, 6.45) is 4.43. The van der Waals surface area contributed by atoms with Gasteiger partial charge in [-0.25, -0.2) is 4.39 Å². The highest BCUT2D eigenvalue weighted by Gasteiger charge is 2.34. The Kier molecular flexibility index (Phi) is 5.25. The number of carbonyl (C=O) groups excluding carboxylic acids is 1. The summed E-state index contributed by atoms with van der Waals surface area (Å²) in [6.45, 7) is 0. The molecule has 0 aliphatic carbocycles. The Morgan fingerprint density at radius 1 is 1.30 bits per heavy atom. The molecule has 2 fully saturated rings. The number of amides is 1. The second-order valence-corrected chi connectivity index (χ2v) is 6.57. The average Bonchev–Trinajstić information content (AvgIpc) is 2.68. The first-order chi connectivity index (χ1) is 9.11. The number of halogens is 3. The molecule has 2 atom stereocenters. The van der Waals surface area contributed by atoms with Gasteiger partial charge < -0.3 is 10.6 Å². The molecule has 2 saturated heterocycles. The normalized spacial score (nSPS) is 27.8. The number of piperidine rings is 1. The Labute approximate surface area is 137 Å². The van der Waals surface area contributed by atoms with Gasteiger partial charge in [-0.15, -0.1) is 12.4 Å². The number of hydrogen-bond acceptors (Lipinski definition) is 2. The maximum absolute atomic E-state index is 13.0. The van der Waals surface area contributed by atoms with E-state index in [0.717, 1.165) is 12.8 Å². The first-order valence-corrected chi connectivity index (χ1v) is 7.71. The molecular formula is C14H17ClFIN2O. The van der Waals surface area contributed by atoms with Gasteiger partial charge in [0.1, 0.15) is 5.82 Å². The molecule has 2 unspecified atom stereocenters. The highest BCUT2D eigenvalue weighted by atomic mass is 127. The summed E-state index contributed by atoms with van der Waals surface area (Å²) < 4.78 is 13.7. The molecule has 0 radical (unpaired) electrons. The lowest BCUT2D eigenvalue weighted by Crippen LogP contribution is -2.48. The molecule has 3 rings (SSSR count). The first kappa shape index (κ1) is 16.0. The maximum atomic E-state index is 13.0. The number of carbonyl (C=O) groups is 1. The van der Waals surface area contributed by atoms with E-state index in [1.54, 1.807) is 6.07 Å². The summed E-state index contributed by atoms with van der Waals surface area (Å²) in [5.41, 5.74) is 0.563. The molecule has 1 aromatic carbocycles. The summed E-state index contributed by atoms with van der Waals surface area (Å²) >= 11 is 2.00. The van der Waals surface area contributed by atoms with Crippen molar-refractivity contribution in [3.8, 4) is 0 Å². The third kappa shape index (κ3) is 3.43. The molecule has 6 heteroatoms. The number of rotatable bonds is 2. The molecule has 2 aliphatic heterocycles. The second-order valence-electron chi connectivity index (χ2n) is 5.40. The van der Waals surface area contributed by atoms with Crippen molar-refractivity contribution in [1.29, 1.82) is 0 Å². The Balaban J connectivity index is 0.00000147. The van der Waals surface area contributed by atoms with E-state index >= 15 is 0 Å². The summed E-state index contributed by atoms with van der Waals surface area (Å²) in [5.74, 6) is -0.392. The van der Waals surface area contributed by atoms with Gasteiger partial charge in [-0.3, -0.25) is 4.79 Å². The fourth-order valence-electron chi connectivity index (χ4n) is 3.11. The molecule has 2 N–H and O–H groups in total. The molecule has 2 bridgehead atoms. The van der Waals surface area contributed by atoms with Crippen LogP contribution in [0.2, 0.25) is 0 Å². The minimum atomic E-state index is -0.305. The van der Waals surface area contributed by atoms with Gasteiger partial charge in [0.05, 0.1) is 5.56 Å². The van der Waals surface area contributed by atoms with Gasteiger partial charge >= 0.3 is 0 Å². The van der Waals surface area contributed by atoms with Crippen LogP contribution in [0.25, 0.3) is 0 Å². The Morgan fingerprint density at radius 2 is 1.95 bits per heavy atom. The molecule has 2 heterocycles. The van der Waals surface area contributed by atoms with Crippen molar-refractivity contribution in [2.75, 3.05) is 0 Å². The predicted octanol–water partition coefficient (Wildman–Crippen LogP) is 2.86. The zero-order valence-corrected chi connectivity index (χ0v) is 13.8. The Hall–Kier alpha value is -0.400. The van der Waals surface area contributed by atoms with Crippen LogP contribution in [0, 0.1) is 9.39 Å². The van der Waals surface area contributed by atoms with Crippen LogP contribution in [0.3, 0.4) is 0 Å². The predicted molar refractivity (Wildman–Crippen MR) is 86.8 cm³/mol. The first-order valence-electron chi connectivity index (χ1n) is 6.64. The van der Waals surface area contributed by atoms with E-state index in [0.29, 0.717) is 21.2 Å². The van der Waals surface area contributed by atoms with E-state index in [4.69, 9.17) is 0 Å². The monoisotopic (exact) mass is 410 g/mol. The average molecular weight is 411 g/mol. The molecule has 0 saturated carbocycles. The summed E-state index contributed by atoms with van der Waals surface area (Å²) in [4.78, 5) is 12.2. The summed E-state index contributed by atoms with van der Waals surface area (Å²) in [6, 6.07) is 5.63. The van der Waals surface area contributed by atoms with Crippen molar-refractivity contribution in [2.45, 2.75) is 43.8 Å². The lowest BCUT2D eigenvalue weighted by atomic mass is 9.99. The van der Waals surface area contributed by atoms with Crippen LogP contribution in [-0.4, -0.2) is 24.0 Å². The third-order valence-electron chi connectivity index (χ3n) is 3.98. The quantitative estimate of drug-likeness (QED) is 0.736. The number of hydrogen-bond donors (Lipinski definition) is 2. The van der Waals surface area contributed by atoms with E-state index in [9.17, 15) is 9.18 Å². The highest BCUT2D eigenvalue weighted by Crippen LogP contribution is 2.27. The van der Waals surface area contributed by atoms with Crippen molar-refractivity contribution in [3.05, 3.63) is 33.1 Å². The second kappa shape index (κ2) is 6.58. The lowest BCUT2D eigenvalue weighted by Gasteiger charge is -2.29. The number of benzene rings is 1. The lowest BCUT2D eigenvalue weighted by molar-refractivity contribution is 0.0923. The smallest absolute Gasteiger partial charge is 0.252 e. The van der Waals surface area contributed by atoms with Gasteiger partial charge in [0.15, 0.2) is 0 Å². The maximum Gasteiger partial charge on any atom is 0.252 e. The standard InChI is InChI=1S/C14H16FIN2O.ClH/c15-8-1-4-12(13(16)5-8)14(19)18-11-6-9-2-3-10(7-11)17-9;/h1,4-5,9-11,17H,2-3,6-7H2,(H,18,19);1H. The van der Waals surface area contributed by atoms with Crippen molar-refractivity contribution in [3.63, 3.8) is 0 Å².